The number of fused-ring (bicyclic) bond motifs is 5. The van der Waals surface area contributed by atoms with E-state index >= 15 is 0 Å². The van der Waals surface area contributed by atoms with E-state index in [0.29, 0.717) is 0 Å². The number of phenols is 3. The Kier molecular flexibility index (Phi) is 9.42. The van der Waals surface area contributed by atoms with Crippen LogP contribution in [0.3, 0.4) is 0 Å². The Balaban J connectivity index is 1.34. The molecule has 18 heteroatoms. The molecule has 2 fully saturated rings. The third-order valence-electron chi connectivity index (χ3n) is 10.3. The Morgan fingerprint density at radius 2 is 1.41 bits per heavy atom. The van der Waals surface area contributed by atoms with Gasteiger partial charge in [0.15, 0.2) is 24.1 Å². The van der Waals surface area contributed by atoms with Gasteiger partial charge in [-0.3, -0.25) is 9.59 Å². The van der Waals surface area contributed by atoms with Crippen molar-refractivity contribution in [3.05, 3.63) is 68.8 Å². The minimum atomic E-state index is -1.92. The molecule has 0 amide bonds. The summed E-state index contributed by atoms with van der Waals surface area (Å²) in [6.07, 6.45) is -18.2. The molecule has 11 atom stereocenters. The van der Waals surface area contributed by atoms with Crippen LogP contribution in [0.25, 0.3) is 11.1 Å². The average molecular weight is 757 g/mol. The molecule has 2 heterocycles. The lowest BCUT2D eigenvalue weighted by Gasteiger charge is -2.45. The summed E-state index contributed by atoms with van der Waals surface area (Å²) < 4.78 is 27.9. The number of hydrogen-bond donors (Lipinski definition) is 10. The molecule has 288 valence electrons. The summed E-state index contributed by atoms with van der Waals surface area (Å²) in [5.41, 5.74) is -3.65. The summed E-state index contributed by atoms with van der Waals surface area (Å²) in [5, 5.41) is 109. The Morgan fingerprint density at radius 3 is 2.07 bits per heavy atom. The van der Waals surface area contributed by atoms with E-state index in [4.69, 9.17) is 23.7 Å². The number of benzene rings is 3. The lowest BCUT2D eigenvalue weighted by molar-refractivity contribution is -0.353. The lowest BCUT2D eigenvalue weighted by atomic mass is 9.74. The van der Waals surface area contributed by atoms with E-state index in [2.05, 4.69) is 0 Å². The van der Waals surface area contributed by atoms with Crippen molar-refractivity contribution in [2.24, 2.45) is 0 Å². The number of carbonyl (C=O) groups is 3. The van der Waals surface area contributed by atoms with Crippen molar-refractivity contribution in [3.8, 4) is 34.1 Å². The minimum absolute atomic E-state index is 0.0220. The number of rotatable bonds is 6. The van der Waals surface area contributed by atoms with Gasteiger partial charge in [0.05, 0.1) is 30.9 Å². The van der Waals surface area contributed by atoms with E-state index < -0.39 is 142 Å². The standard InChI is InChI=1S/C36H36O18/c1-9-4-15-21(28(44)18(9)34(48)49)20-13(7-14-22(29(20)45)25(41)12-5-11(50-3)6-16(37)19(12)24(14)40)26(42)32(15)53-36-31(47)33(23(39)10(2)52-36)54-35-30(46)27(43)17(38)8-51-35/h4-7,10,17,23,26-27,30-33,35-39,42-47H,8H2,1-3H3,(H,48,49)/t10-,17-,23+,26+,27+,30-,31-,32+,33+,35+,36+/m1/s1. The second kappa shape index (κ2) is 13.5. The van der Waals surface area contributed by atoms with Crippen molar-refractivity contribution in [1.82, 2.24) is 0 Å². The number of methoxy groups -OCH3 is 1. The smallest absolute Gasteiger partial charge is 0.339 e. The number of carboxylic acid groups (broad SMARTS) is 1. The molecular weight excluding hydrogens is 720 g/mol. The van der Waals surface area contributed by atoms with Gasteiger partial charge in [0.2, 0.25) is 0 Å². The highest BCUT2D eigenvalue weighted by atomic mass is 16.7. The number of aliphatic hydroxyl groups excluding tert-OH is 6. The zero-order chi connectivity index (χ0) is 39.2. The first-order valence-corrected chi connectivity index (χ1v) is 16.6. The van der Waals surface area contributed by atoms with E-state index in [9.17, 15) is 65.4 Å². The summed E-state index contributed by atoms with van der Waals surface area (Å²) in [4.78, 5) is 40.1. The quantitative estimate of drug-likeness (QED) is 0.120. The molecule has 2 saturated heterocycles. The van der Waals surface area contributed by atoms with Crippen LogP contribution in [0, 0.1) is 6.92 Å². The van der Waals surface area contributed by atoms with Crippen molar-refractivity contribution in [3.63, 3.8) is 0 Å². The molecule has 0 bridgehead atoms. The second-order valence-electron chi connectivity index (χ2n) is 13.6. The molecule has 0 saturated carbocycles. The van der Waals surface area contributed by atoms with Gasteiger partial charge in [-0.15, -0.1) is 0 Å². The lowest BCUT2D eigenvalue weighted by Crippen LogP contribution is -2.62. The molecule has 2 aliphatic heterocycles. The fourth-order valence-electron chi connectivity index (χ4n) is 7.53. The molecule has 7 rings (SSSR count). The summed E-state index contributed by atoms with van der Waals surface area (Å²) in [6, 6.07) is 4.57. The van der Waals surface area contributed by atoms with E-state index in [0.717, 1.165) is 12.1 Å². The zero-order valence-electron chi connectivity index (χ0n) is 28.6. The van der Waals surface area contributed by atoms with Crippen LogP contribution in [-0.2, 0) is 18.9 Å². The molecule has 3 aromatic rings. The fraction of sp³-hybridized carbons (Fsp3) is 0.417. The largest absolute Gasteiger partial charge is 0.507 e. The molecule has 0 radical (unpaired) electrons. The first kappa shape index (κ1) is 37.6. The van der Waals surface area contributed by atoms with Crippen LogP contribution < -0.4 is 4.74 Å². The Morgan fingerprint density at radius 1 is 0.759 bits per heavy atom. The first-order chi connectivity index (χ1) is 25.5. The van der Waals surface area contributed by atoms with Gasteiger partial charge in [0, 0.05) is 28.3 Å². The van der Waals surface area contributed by atoms with Gasteiger partial charge in [0.1, 0.15) is 77.4 Å². The number of carbonyl (C=O) groups excluding carboxylic acids is 2. The minimum Gasteiger partial charge on any atom is -0.507 e. The molecule has 0 spiro atoms. The number of aromatic hydroxyl groups is 3. The van der Waals surface area contributed by atoms with Crippen molar-refractivity contribution in [1.29, 1.82) is 0 Å². The van der Waals surface area contributed by atoms with Gasteiger partial charge in [-0.05, 0) is 42.7 Å². The summed E-state index contributed by atoms with van der Waals surface area (Å²) >= 11 is 0. The molecule has 0 aromatic heterocycles. The number of aryl methyl sites for hydroxylation is 1. The Labute approximate surface area is 304 Å². The molecule has 2 aliphatic carbocycles. The normalized spacial score (nSPS) is 31.6. The maximum absolute atomic E-state index is 13.9. The summed E-state index contributed by atoms with van der Waals surface area (Å²) in [6.45, 7) is 2.26. The first-order valence-electron chi connectivity index (χ1n) is 16.6. The van der Waals surface area contributed by atoms with Crippen molar-refractivity contribution < 1.29 is 89.1 Å². The predicted octanol–water partition coefficient (Wildman–Crippen LogP) is -0.343. The van der Waals surface area contributed by atoms with Crippen LogP contribution in [-0.4, -0.2) is 138 Å². The average Bonchev–Trinajstić information content (AvgIpc) is 3.12. The topological polar surface area (TPSA) is 300 Å². The maximum atomic E-state index is 13.9. The molecule has 54 heavy (non-hydrogen) atoms. The highest BCUT2D eigenvalue weighted by Crippen LogP contribution is 2.57. The molecule has 10 N–H and O–H groups in total. The van der Waals surface area contributed by atoms with Crippen LogP contribution >= 0.6 is 0 Å². The highest BCUT2D eigenvalue weighted by molar-refractivity contribution is 6.31. The van der Waals surface area contributed by atoms with Gasteiger partial charge >= 0.3 is 5.97 Å². The van der Waals surface area contributed by atoms with Gasteiger partial charge < -0.3 is 74.7 Å². The zero-order valence-corrected chi connectivity index (χ0v) is 28.6. The molecular formula is C36H36O18. The van der Waals surface area contributed by atoms with Crippen molar-refractivity contribution in [2.75, 3.05) is 13.7 Å². The Hall–Kier alpha value is -4.73. The third-order valence-corrected chi connectivity index (χ3v) is 10.3. The highest BCUT2D eigenvalue weighted by Gasteiger charge is 2.51. The number of aliphatic hydroxyl groups is 6. The van der Waals surface area contributed by atoms with Crippen LogP contribution in [0.4, 0.5) is 0 Å². The predicted molar refractivity (Wildman–Crippen MR) is 176 cm³/mol. The number of aromatic carboxylic acids is 1. The van der Waals surface area contributed by atoms with E-state index in [-0.39, 0.29) is 28.0 Å². The SMILES string of the molecule is COc1cc(O)c2c(c1)C(=O)c1c(cc3c(c1O)-c1c(cc(C)c(C(=O)O)c1O)[C@H](O[C@@H]1O[C@H](C)[C@H](O)[C@H](O[C@@H]4OC[C@@H](O)[C@H](O)[C@H]4O)[C@H]1O)[C@H]3O)C2=O. The van der Waals surface area contributed by atoms with Crippen LogP contribution in [0.15, 0.2) is 24.3 Å². The third kappa shape index (κ3) is 5.61. The molecule has 0 unspecified atom stereocenters. The summed E-state index contributed by atoms with van der Waals surface area (Å²) in [7, 11) is 1.26. The second-order valence-corrected chi connectivity index (χ2v) is 13.6. The fourth-order valence-corrected chi connectivity index (χ4v) is 7.53. The number of hydrogen-bond acceptors (Lipinski definition) is 17. The number of ether oxygens (including phenoxy) is 5. The van der Waals surface area contributed by atoms with Crippen LogP contribution in [0.5, 0.6) is 23.0 Å². The Bertz CT molecular complexity index is 2080. The van der Waals surface area contributed by atoms with Crippen LogP contribution in [0.2, 0.25) is 0 Å². The number of carboxylic acids is 1. The molecule has 18 nitrogen and oxygen atoms in total. The van der Waals surface area contributed by atoms with Gasteiger partial charge in [0.25, 0.3) is 0 Å². The van der Waals surface area contributed by atoms with Crippen molar-refractivity contribution >= 4 is 17.5 Å². The van der Waals surface area contributed by atoms with Crippen LogP contribution in [0.1, 0.15) is 78.0 Å². The monoisotopic (exact) mass is 756 g/mol. The van der Waals surface area contributed by atoms with E-state index in [1.165, 1.54) is 33.1 Å². The van der Waals surface area contributed by atoms with Gasteiger partial charge in [-0.2, -0.15) is 0 Å². The van der Waals surface area contributed by atoms with Crippen molar-refractivity contribution in [2.45, 2.75) is 81.4 Å². The summed E-state index contributed by atoms with van der Waals surface area (Å²) in [5.74, 6) is -5.81. The number of phenolic OH excluding ortho intramolecular Hbond substituents is 2. The van der Waals surface area contributed by atoms with E-state index in [1.807, 2.05) is 0 Å². The number of ketones is 2. The maximum Gasteiger partial charge on any atom is 0.339 e. The molecule has 3 aromatic carbocycles. The van der Waals surface area contributed by atoms with Gasteiger partial charge in [-0.1, -0.05) is 6.07 Å². The molecule has 4 aliphatic rings. The van der Waals surface area contributed by atoms with Gasteiger partial charge in [-0.25, -0.2) is 4.79 Å². The van der Waals surface area contributed by atoms with E-state index in [1.54, 1.807) is 0 Å².